The van der Waals surface area contributed by atoms with Crippen molar-refractivity contribution in [2.45, 2.75) is 12.5 Å². The molecule has 92 valence electrons. The molecule has 0 aliphatic rings. The summed E-state index contributed by atoms with van der Waals surface area (Å²) in [6.07, 6.45) is 0.0697. The molecule has 0 aliphatic heterocycles. The SMILES string of the molecule is COc1ccc(C(CC(=O)O)NC=O)cc1F. The minimum absolute atomic E-state index is 0.0638. The minimum Gasteiger partial charge on any atom is -0.494 e. The standard InChI is InChI=1S/C11H12FNO4/c1-17-10-3-2-7(4-8(10)12)9(13-6-14)5-11(15)16/h2-4,6,9H,5H2,1H3,(H,13,14)(H,15,16). The third-order valence-corrected chi connectivity index (χ3v) is 2.23. The Kier molecular flexibility index (Phi) is 4.45. The summed E-state index contributed by atoms with van der Waals surface area (Å²) in [6.45, 7) is 0. The second-order valence-electron chi connectivity index (χ2n) is 3.33. The first kappa shape index (κ1) is 13.0. The van der Waals surface area contributed by atoms with Gasteiger partial charge >= 0.3 is 5.97 Å². The van der Waals surface area contributed by atoms with Gasteiger partial charge in [0.2, 0.25) is 6.41 Å². The van der Waals surface area contributed by atoms with E-state index in [1.54, 1.807) is 0 Å². The Morgan fingerprint density at radius 2 is 2.35 bits per heavy atom. The molecular formula is C11H12FNO4. The number of methoxy groups -OCH3 is 1. The highest BCUT2D eigenvalue weighted by Crippen LogP contribution is 2.23. The summed E-state index contributed by atoms with van der Waals surface area (Å²) in [5.41, 5.74) is 0.373. The highest BCUT2D eigenvalue weighted by molar-refractivity contribution is 5.68. The molecule has 0 fully saturated rings. The number of hydrogen-bond donors (Lipinski definition) is 2. The van der Waals surface area contributed by atoms with E-state index >= 15 is 0 Å². The molecule has 1 unspecified atom stereocenters. The first-order chi connectivity index (χ1) is 8.08. The molecule has 6 heteroatoms. The number of amides is 1. The third kappa shape index (κ3) is 3.44. The Morgan fingerprint density at radius 3 is 2.82 bits per heavy atom. The molecule has 5 nitrogen and oxygen atoms in total. The van der Waals surface area contributed by atoms with Gasteiger partial charge in [-0.05, 0) is 17.7 Å². The first-order valence-electron chi connectivity index (χ1n) is 4.83. The monoisotopic (exact) mass is 241 g/mol. The topological polar surface area (TPSA) is 75.6 Å². The van der Waals surface area contributed by atoms with E-state index < -0.39 is 17.8 Å². The molecule has 1 aromatic carbocycles. The number of aliphatic carboxylic acids is 1. The zero-order chi connectivity index (χ0) is 12.8. The quantitative estimate of drug-likeness (QED) is 0.731. The number of hydrogen-bond acceptors (Lipinski definition) is 3. The van der Waals surface area contributed by atoms with Gasteiger partial charge < -0.3 is 15.2 Å². The van der Waals surface area contributed by atoms with E-state index in [0.717, 1.165) is 6.07 Å². The number of nitrogens with one attached hydrogen (secondary N) is 1. The number of carbonyl (C=O) groups is 2. The average molecular weight is 241 g/mol. The number of rotatable bonds is 6. The fourth-order valence-electron chi connectivity index (χ4n) is 1.43. The lowest BCUT2D eigenvalue weighted by Gasteiger charge is -2.15. The van der Waals surface area contributed by atoms with Gasteiger partial charge in [-0.2, -0.15) is 0 Å². The molecule has 1 atom stereocenters. The summed E-state index contributed by atoms with van der Waals surface area (Å²) < 4.78 is 18.1. The highest BCUT2D eigenvalue weighted by Gasteiger charge is 2.16. The molecule has 1 amide bonds. The number of carboxylic acid groups (broad SMARTS) is 1. The van der Waals surface area contributed by atoms with Gasteiger partial charge in [0.25, 0.3) is 0 Å². The number of halogens is 1. The van der Waals surface area contributed by atoms with Crippen molar-refractivity contribution < 1.29 is 23.8 Å². The summed E-state index contributed by atoms with van der Waals surface area (Å²) in [4.78, 5) is 20.9. The fraction of sp³-hybridized carbons (Fsp3) is 0.273. The van der Waals surface area contributed by atoms with E-state index in [-0.39, 0.29) is 12.2 Å². The van der Waals surface area contributed by atoms with Crippen LogP contribution in [0.15, 0.2) is 18.2 Å². The Morgan fingerprint density at radius 1 is 1.65 bits per heavy atom. The van der Waals surface area contributed by atoms with Crippen LogP contribution in [0.4, 0.5) is 4.39 Å². The van der Waals surface area contributed by atoms with Crippen molar-refractivity contribution in [3.8, 4) is 5.75 Å². The molecule has 0 spiro atoms. The van der Waals surface area contributed by atoms with Gasteiger partial charge in [0.1, 0.15) is 0 Å². The van der Waals surface area contributed by atoms with Gasteiger partial charge in [-0.3, -0.25) is 9.59 Å². The van der Waals surface area contributed by atoms with Crippen LogP contribution in [0, 0.1) is 5.82 Å². The molecule has 0 saturated heterocycles. The maximum absolute atomic E-state index is 13.4. The molecule has 0 heterocycles. The van der Waals surface area contributed by atoms with Crippen LogP contribution in [0.5, 0.6) is 5.75 Å². The molecule has 0 bridgehead atoms. The molecule has 17 heavy (non-hydrogen) atoms. The van der Waals surface area contributed by atoms with Crippen molar-refractivity contribution in [1.29, 1.82) is 0 Å². The summed E-state index contributed by atoms with van der Waals surface area (Å²) in [5.74, 6) is -1.62. The molecule has 0 aliphatic carbocycles. The van der Waals surface area contributed by atoms with Crippen LogP contribution in [-0.4, -0.2) is 24.6 Å². The molecule has 2 N–H and O–H groups in total. The molecule has 0 aromatic heterocycles. The minimum atomic E-state index is -1.08. The Balaban J connectivity index is 2.97. The van der Waals surface area contributed by atoms with Crippen LogP contribution < -0.4 is 10.1 Å². The zero-order valence-corrected chi connectivity index (χ0v) is 9.14. The van der Waals surface area contributed by atoms with Gasteiger partial charge in [-0.25, -0.2) is 4.39 Å². The lowest BCUT2D eigenvalue weighted by atomic mass is 10.0. The van der Waals surface area contributed by atoms with Gasteiger partial charge in [-0.1, -0.05) is 6.07 Å². The molecule has 0 radical (unpaired) electrons. The van der Waals surface area contributed by atoms with Gasteiger partial charge in [0.15, 0.2) is 11.6 Å². The van der Waals surface area contributed by atoms with Crippen molar-refractivity contribution in [2.24, 2.45) is 0 Å². The highest BCUT2D eigenvalue weighted by atomic mass is 19.1. The van der Waals surface area contributed by atoms with Crippen LogP contribution in [0.2, 0.25) is 0 Å². The summed E-state index contributed by atoms with van der Waals surface area (Å²) >= 11 is 0. The fourth-order valence-corrected chi connectivity index (χ4v) is 1.43. The number of carboxylic acids is 1. The molecule has 0 saturated carbocycles. The van der Waals surface area contributed by atoms with Crippen LogP contribution in [0.25, 0.3) is 0 Å². The number of ether oxygens (including phenoxy) is 1. The van der Waals surface area contributed by atoms with E-state index in [4.69, 9.17) is 9.84 Å². The predicted octanol–water partition coefficient (Wildman–Crippen LogP) is 1.10. The second-order valence-corrected chi connectivity index (χ2v) is 3.33. The van der Waals surface area contributed by atoms with Crippen molar-refractivity contribution in [1.82, 2.24) is 5.32 Å². The Bertz CT molecular complexity index is 422. The molecular weight excluding hydrogens is 229 g/mol. The maximum Gasteiger partial charge on any atom is 0.305 e. The second kappa shape index (κ2) is 5.83. The normalized spacial score (nSPS) is 11.6. The van der Waals surface area contributed by atoms with E-state index in [0.29, 0.717) is 12.0 Å². The lowest BCUT2D eigenvalue weighted by molar-refractivity contribution is -0.137. The summed E-state index contributed by atoms with van der Waals surface area (Å²) in [6, 6.07) is 3.27. The number of benzene rings is 1. The van der Waals surface area contributed by atoms with Gasteiger partial charge in [0.05, 0.1) is 19.6 Å². The summed E-state index contributed by atoms with van der Waals surface area (Å²) in [5, 5.41) is 11.0. The van der Waals surface area contributed by atoms with Crippen LogP contribution >= 0.6 is 0 Å². The van der Waals surface area contributed by atoms with E-state index in [1.165, 1.54) is 19.2 Å². The maximum atomic E-state index is 13.4. The number of carbonyl (C=O) groups excluding carboxylic acids is 1. The smallest absolute Gasteiger partial charge is 0.305 e. The molecule has 1 rings (SSSR count). The van der Waals surface area contributed by atoms with Gasteiger partial charge in [0, 0.05) is 0 Å². The third-order valence-electron chi connectivity index (χ3n) is 2.23. The van der Waals surface area contributed by atoms with Crippen molar-refractivity contribution in [2.75, 3.05) is 7.11 Å². The summed E-state index contributed by atoms with van der Waals surface area (Å²) in [7, 11) is 1.33. The van der Waals surface area contributed by atoms with Crippen LogP contribution in [-0.2, 0) is 9.59 Å². The van der Waals surface area contributed by atoms with E-state index in [1.807, 2.05) is 0 Å². The zero-order valence-electron chi connectivity index (χ0n) is 9.14. The van der Waals surface area contributed by atoms with E-state index in [9.17, 15) is 14.0 Å². The van der Waals surface area contributed by atoms with Crippen LogP contribution in [0.1, 0.15) is 18.0 Å². The molecule has 1 aromatic rings. The Hall–Kier alpha value is -2.11. The van der Waals surface area contributed by atoms with Crippen LogP contribution in [0.3, 0.4) is 0 Å². The van der Waals surface area contributed by atoms with Gasteiger partial charge in [-0.15, -0.1) is 0 Å². The lowest BCUT2D eigenvalue weighted by Crippen LogP contribution is -2.22. The largest absolute Gasteiger partial charge is 0.494 e. The predicted molar refractivity (Wildman–Crippen MR) is 57.1 cm³/mol. The average Bonchev–Trinajstić information content (AvgIpc) is 2.28. The van der Waals surface area contributed by atoms with E-state index in [2.05, 4.69) is 5.32 Å². The Labute approximate surface area is 97.2 Å². The van der Waals surface area contributed by atoms with Crippen molar-refractivity contribution in [3.63, 3.8) is 0 Å². The van der Waals surface area contributed by atoms with Crippen molar-refractivity contribution in [3.05, 3.63) is 29.6 Å². The first-order valence-corrected chi connectivity index (χ1v) is 4.83. The van der Waals surface area contributed by atoms with Crippen molar-refractivity contribution >= 4 is 12.4 Å².